The van der Waals surface area contributed by atoms with Crippen molar-refractivity contribution in [1.29, 1.82) is 0 Å². The van der Waals surface area contributed by atoms with Gasteiger partial charge in [-0.15, -0.1) is 5.10 Å². The zero-order valence-electron chi connectivity index (χ0n) is 15.2. The van der Waals surface area contributed by atoms with Crippen molar-refractivity contribution in [2.45, 2.75) is 37.8 Å². The lowest BCUT2D eigenvalue weighted by molar-refractivity contribution is 0.101. The predicted octanol–water partition coefficient (Wildman–Crippen LogP) is 6.08. The number of thioether (sulfide) groups is 1. The van der Waals surface area contributed by atoms with Gasteiger partial charge in [-0.05, 0) is 74.3 Å². The minimum atomic E-state index is 0.121. The topological polar surface area (TPSA) is 34.9 Å². The molecule has 0 saturated heterocycles. The van der Waals surface area contributed by atoms with Crippen molar-refractivity contribution < 1.29 is 4.79 Å². The van der Waals surface area contributed by atoms with Gasteiger partial charge in [0.1, 0.15) is 0 Å². The van der Waals surface area contributed by atoms with Gasteiger partial charge in [0.05, 0.1) is 5.69 Å². The molecule has 0 aliphatic heterocycles. The third-order valence-corrected chi connectivity index (χ3v) is 6.74. The van der Waals surface area contributed by atoms with Crippen molar-refractivity contribution in [3.05, 3.63) is 68.2 Å². The summed E-state index contributed by atoms with van der Waals surface area (Å²) >= 11 is 8.65. The van der Waals surface area contributed by atoms with E-state index in [1.54, 1.807) is 23.4 Å². The lowest BCUT2D eigenvalue weighted by atomic mass is 9.92. The average Bonchev–Trinajstić information content (AvgIpc) is 2.95. The van der Waals surface area contributed by atoms with Crippen LogP contribution in [-0.4, -0.2) is 15.6 Å². The minimum absolute atomic E-state index is 0.121. The number of para-hydroxylation sites is 1. The fourth-order valence-corrected chi connectivity index (χ4v) is 5.72. The number of Topliss-reactive ketones (excluding diaryl/α,β-unsaturated/α-hetero) is 1. The highest BCUT2D eigenvalue weighted by molar-refractivity contribution is 8.00. The second-order valence-electron chi connectivity index (χ2n) is 6.22. The molecule has 3 rings (SSSR count). The van der Waals surface area contributed by atoms with E-state index < -0.39 is 0 Å². The SMILES string of the molecule is CC(=O)c1c(C)cc(C)c(CSc2nn(-c3ccccc3)c(=S)s2)c1C. The summed E-state index contributed by atoms with van der Waals surface area (Å²) in [5.41, 5.74) is 6.36. The largest absolute Gasteiger partial charge is 0.294 e. The third-order valence-electron chi connectivity index (χ3n) is 4.35. The Labute approximate surface area is 167 Å². The second-order valence-corrected chi connectivity index (χ2v) is 9.06. The first kappa shape index (κ1) is 19.0. The van der Waals surface area contributed by atoms with E-state index in [1.165, 1.54) is 22.5 Å². The van der Waals surface area contributed by atoms with E-state index >= 15 is 0 Å². The molecule has 0 radical (unpaired) electrons. The molecule has 134 valence electrons. The number of ketones is 1. The molecule has 3 nitrogen and oxygen atoms in total. The normalized spacial score (nSPS) is 10.9. The molecule has 0 fully saturated rings. The molecule has 0 saturated carbocycles. The predicted molar refractivity (Wildman–Crippen MR) is 112 cm³/mol. The molecule has 0 N–H and O–H groups in total. The molecule has 6 heteroatoms. The molecule has 0 unspecified atom stereocenters. The van der Waals surface area contributed by atoms with Gasteiger partial charge in [-0.2, -0.15) is 0 Å². The number of carbonyl (C=O) groups is 1. The number of aryl methyl sites for hydroxylation is 2. The summed E-state index contributed by atoms with van der Waals surface area (Å²) in [6, 6.07) is 12.0. The Morgan fingerprint density at radius 2 is 1.88 bits per heavy atom. The van der Waals surface area contributed by atoms with Crippen molar-refractivity contribution in [1.82, 2.24) is 9.78 Å². The molecule has 0 aliphatic carbocycles. The number of rotatable bonds is 5. The Morgan fingerprint density at radius 1 is 1.19 bits per heavy atom. The second kappa shape index (κ2) is 7.86. The highest BCUT2D eigenvalue weighted by Gasteiger charge is 2.15. The van der Waals surface area contributed by atoms with Gasteiger partial charge in [-0.25, -0.2) is 4.68 Å². The lowest BCUT2D eigenvalue weighted by Crippen LogP contribution is -2.05. The summed E-state index contributed by atoms with van der Waals surface area (Å²) in [6.07, 6.45) is 0. The molecular formula is C20H20N2OS3. The van der Waals surface area contributed by atoms with Gasteiger partial charge >= 0.3 is 0 Å². The molecule has 1 heterocycles. The number of aromatic nitrogens is 2. The maximum Gasteiger partial charge on any atom is 0.184 e. The van der Waals surface area contributed by atoms with E-state index in [-0.39, 0.29) is 5.78 Å². The van der Waals surface area contributed by atoms with E-state index in [9.17, 15) is 4.79 Å². The molecule has 0 spiro atoms. The van der Waals surface area contributed by atoms with Crippen LogP contribution in [0.2, 0.25) is 0 Å². The summed E-state index contributed by atoms with van der Waals surface area (Å²) in [4.78, 5) is 12.0. The zero-order valence-corrected chi connectivity index (χ0v) is 17.6. The van der Waals surface area contributed by atoms with E-state index in [0.29, 0.717) is 0 Å². The van der Waals surface area contributed by atoms with Gasteiger partial charge in [-0.1, -0.05) is 47.4 Å². The molecule has 2 aromatic carbocycles. The number of hydrogen-bond acceptors (Lipinski definition) is 5. The lowest BCUT2D eigenvalue weighted by Gasteiger charge is -2.15. The number of nitrogens with zero attached hydrogens (tertiary/aromatic N) is 2. The molecule has 0 amide bonds. The maximum atomic E-state index is 12.0. The van der Waals surface area contributed by atoms with Crippen LogP contribution < -0.4 is 0 Å². The van der Waals surface area contributed by atoms with E-state index in [1.807, 2.05) is 44.2 Å². The Morgan fingerprint density at radius 3 is 2.54 bits per heavy atom. The van der Waals surface area contributed by atoms with Gasteiger partial charge in [0.15, 0.2) is 14.1 Å². The minimum Gasteiger partial charge on any atom is -0.294 e. The van der Waals surface area contributed by atoms with Crippen molar-refractivity contribution in [2.24, 2.45) is 0 Å². The molecule has 1 aromatic heterocycles. The highest BCUT2D eigenvalue weighted by Crippen LogP contribution is 2.31. The average molecular weight is 401 g/mol. The van der Waals surface area contributed by atoms with Gasteiger partial charge in [-0.3, -0.25) is 4.79 Å². The first-order valence-corrected chi connectivity index (χ1v) is 10.5. The maximum absolute atomic E-state index is 12.0. The van der Waals surface area contributed by atoms with Crippen LogP contribution in [0.25, 0.3) is 5.69 Å². The van der Waals surface area contributed by atoms with Crippen LogP contribution in [0.5, 0.6) is 0 Å². The first-order valence-electron chi connectivity index (χ1n) is 8.27. The molecular weight excluding hydrogens is 380 g/mol. The number of benzene rings is 2. The quantitative estimate of drug-likeness (QED) is 0.295. The summed E-state index contributed by atoms with van der Waals surface area (Å²) < 4.78 is 3.47. The highest BCUT2D eigenvalue weighted by atomic mass is 32.2. The Bertz CT molecular complexity index is 1020. The van der Waals surface area contributed by atoms with Gasteiger partial charge in [0.25, 0.3) is 0 Å². The molecule has 3 aromatic rings. The van der Waals surface area contributed by atoms with Crippen molar-refractivity contribution in [3.63, 3.8) is 0 Å². The van der Waals surface area contributed by atoms with Crippen molar-refractivity contribution >= 4 is 41.1 Å². The zero-order chi connectivity index (χ0) is 18.8. The fraction of sp³-hybridized carbons (Fsp3) is 0.250. The van der Waals surface area contributed by atoms with Crippen LogP contribution in [0.4, 0.5) is 0 Å². The first-order chi connectivity index (χ1) is 12.4. The van der Waals surface area contributed by atoms with Gasteiger partial charge in [0, 0.05) is 11.3 Å². The Balaban J connectivity index is 1.88. The summed E-state index contributed by atoms with van der Waals surface area (Å²) in [5, 5.41) is 4.66. The van der Waals surface area contributed by atoms with E-state index in [4.69, 9.17) is 12.2 Å². The van der Waals surface area contributed by atoms with E-state index in [2.05, 4.69) is 18.1 Å². The van der Waals surface area contributed by atoms with Crippen LogP contribution in [0.15, 0.2) is 40.7 Å². The van der Waals surface area contributed by atoms with Crippen LogP contribution in [0, 0.1) is 24.7 Å². The summed E-state index contributed by atoms with van der Waals surface area (Å²) in [6.45, 7) is 7.77. The third kappa shape index (κ3) is 3.82. The number of hydrogen-bond donors (Lipinski definition) is 0. The van der Waals surface area contributed by atoms with Gasteiger partial charge < -0.3 is 0 Å². The van der Waals surface area contributed by atoms with Gasteiger partial charge in [0.2, 0.25) is 0 Å². The fourth-order valence-electron chi connectivity index (χ4n) is 3.18. The smallest absolute Gasteiger partial charge is 0.184 e. The number of carbonyl (C=O) groups excluding carboxylic acids is 1. The van der Waals surface area contributed by atoms with Crippen LogP contribution in [0.1, 0.15) is 39.5 Å². The van der Waals surface area contributed by atoms with Crippen molar-refractivity contribution in [3.8, 4) is 5.69 Å². The monoisotopic (exact) mass is 400 g/mol. The summed E-state index contributed by atoms with van der Waals surface area (Å²) in [5.74, 6) is 0.894. The Kier molecular flexibility index (Phi) is 5.75. The van der Waals surface area contributed by atoms with Crippen molar-refractivity contribution in [2.75, 3.05) is 0 Å². The molecule has 0 atom stereocenters. The van der Waals surface area contributed by atoms with Crippen LogP contribution in [0.3, 0.4) is 0 Å². The standard InChI is InChI=1S/C20H20N2OS3/c1-12-10-13(2)18(15(4)23)14(3)17(12)11-25-19-21-22(20(24)26-19)16-8-6-5-7-9-16/h5-10H,11H2,1-4H3. The molecule has 0 aliphatic rings. The Hall–Kier alpha value is -1.76. The summed E-state index contributed by atoms with van der Waals surface area (Å²) in [7, 11) is 0. The van der Waals surface area contributed by atoms with E-state index in [0.717, 1.165) is 36.4 Å². The molecule has 26 heavy (non-hydrogen) atoms. The molecule has 0 bridgehead atoms. The van der Waals surface area contributed by atoms with Crippen LogP contribution in [-0.2, 0) is 5.75 Å². The van der Waals surface area contributed by atoms with Crippen LogP contribution >= 0.6 is 35.3 Å².